The van der Waals surface area contributed by atoms with E-state index in [0.717, 1.165) is 6.42 Å². The van der Waals surface area contributed by atoms with Crippen molar-refractivity contribution >= 4 is 16.0 Å². The fourth-order valence-electron chi connectivity index (χ4n) is 2.54. The van der Waals surface area contributed by atoms with Crippen LogP contribution in [0.2, 0.25) is 0 Å². The maximum Gasteiger partial charge on any atom is 0.357 e. The zero-order valence-corrected chi connectivity index (χ0v) is 13.0. The molecule has 2 N–H and O–H groups in total. The van der Waals surface area contributed by atoms with Gasteiger partial charge in [0.15, 0.2) is 5.69 Å². The number of carboxylic acid groups (broad SMARTS) is 1. The normalized spacial score (nSPS) is 24.1. The lowest BCUT2D eigenvalue weighted by Gasteiger charge is -2.38. The SMILES string of the molecule is COC1(C)CCCN(S(=O)(=O)c2c(C(=O)O)n[nH]c2C)C1. The van der Waals surface area contributed by atoms with Crippen LogP contribution in [0, 0.1) is 6.92 Å². The van der Waals surface area contributed by atoms with Gasteiger partial charge in [-0.3, -0.25) is 5.10 Å². The average Bonchev–Trinajstić information content (AvgIpc) is 2.81. The molecule has 1 aromatic rings. The highest BCUT2D eigenvalue weighted by Crippen LogP contribution is 2.30. The molecule has 1 unspecified atom stereocenters. The van der Waals surface area contributed by atoms with Crippen molar-refractivity contribution in [3.8, 4) is 0 Å². The van der Waals surface area contributed by atoms with E-state index in [9.17, 15) is 13.2 Å². The van der Waals surface area contributed by atoms with Crippen molar-refractivity contribution in [1.29, 1.82) is 0 Å². The number of H-pyrrole nitrogens is 1. The maximum absolute atomic E-state index is 12.7. The molecule has 1 aliphatic rings. The molecule has 2 rings (SSSR count). The Morgan fingerprint density at radius 2 is 2.19 bits per heavy atom. The van der Waals surface area contributed by atoms with Gasteiger partial charge in [-0.15, -0.1) is 0 Å². The smallest absolute Gasteiger partial charge is 0.357 e. The zero-order chi connectivity index (χ0) is 15.8. The zero-order valence-electron chi connectivity index (χ0n) is 12.2. The van der Waals surface area contributed by atoms with Gasteiger partial charge in [-0.05, 0) is 26.7 Å². The van der Waals surface area contributed by atoms with Crippen LogP contribution in [-0.4, -0.2) is 59.8 Å². The summed E-state index contributed by atoms with van der Waals surface area (Å²) in [6.45, 7) is 3.86. The Balaban J connectivity index is 2.43. The number of aromatic nitrogens is 2. The quantitative estimate of drug-likeness (QED) is 0.841. The third-order valence-electron chi connectivity index (χ3n) is 3.81. The number of rotatable bonds is 4. The summed E-state index contributed by atoms with van der Waals surface area (Å²) in [5, 5.41) is 15.1. The molecule has 1 fully saturated rings. The molecule has 2 heterocycles. The van der Waals surface area contributed by atoms with Crippen LogP contribution in [0.4, 0.5) is 0 Å². The Morgan fingerprint density at radius 3 is 2.76 bits per heavy atom. The Kier molecular flexibility index (Phi) is 4.09. The van der Waals surface area contributed by atoms with Gasteiger partial charge in [0.05, 0.1) is 11.3 Å². The number of aryl methyl sites for hydroxylation is 1. The highest BCUT2D eigenvalue weighted by molar-refractivity contribution is 7.89. The van der Waals surface area contributed by atoms with E-state index in [-0.39, 0.29) is 17.1 Å². The predicted molar refractivity (Wildman–Crippen MR) is 73.7 cm³/mol. The summed E-state index contributed by atoms with van der Waals surface area (Å²) in [5.74, 6) is -1.37. The van der Waals surface area contributed by atoms with E-state index in [4.69, 9.17) is 9.84 Å². The minimum atomic E-state index is -3.93. The van der Waals surface area contributed by atoms with Crippen LogP contribution in [-0.2, 0) is 14.8 Å². The molecule has 0 aliphatic carbocycles. The second kappa shape index (κ2) is 5.39. The van der Waals surface area contributed by atoms with Crippen molar-refractivity contribution in [3.05, 3.63) is 11.4 Å². The van der Waals surface area contributed by atoms with Gasteiger partial charge < -0.3 is 9.84 Å². The number of hydrogen-bond acceptors (Lipinski definition) is 5. The minimum Gasteiger partial charge on any atom is -0.476 e. The average molecular weight is 317 g/mol. The minimum absolute atomic E-state index is 0.190. The first-order valence-corrected chi connectivity index (χ1v) is 7.99. The topological polar surface area (TPSA) is 113 Å². The summed E-state index contributed by atoms with van der Waals surface area (Å²) >= 11 is 0. The molecule has 8 nitrogen and oxygen atoms in total. The Bertz CT molecular complexity index is 654. The van der Waals surface area contributed by atoms with Crippen molar-refractivity contribution in [1.82, 2.24) is 14.5 Å². The molecule has 0 radical (unpaired) electrons. The third-order valence-corrected chi connectivity index (χ3v) is 5.82. The van der Waals surface area contributed by atoms with E-state index in [2.05, 4.69) is 10.2 Å². The van der Waals surface area contributed by atoms with Crippen molar-refractivity contribution < 1.29 is 23.1 Å². The number of piperidine rings is 1. The van der Waals surface area contributed by atoms with Gasteiger partial charge in [0.2, 0.25) is 10.0 Å². The first kappa shape index (κ1) is 15.9. The van der Waals surface area contributed by atoms with Crippen LogP contribution in [0.25, 0.3) is 0 Å². The monoisotopic (exact) mass is 317 g/mol. The summed E-state index contributed by atoms with van der Waals surface area (Å²) in [6, 6.07) is 0. The van der Waals surface area contributed by atoms with Crippen molar-refractivity contribution in [2.75, 3.05) is 20.2 Å². The van der Waals surface area contributed by atoms with Crippen LogP contribution in [0.15, 0.2) is 4.90 Å². The molecule has 1 saturated heterocycles. The van der Waals surface area contributed by atoms with Gasteiger partial charge in [0.1, 0.15) is 4.90 Å². The van der Waals surface area contributed by atoms with Crippen molar-refractivity contribution in [2.24, 2.45) is 0 Å². The number of carboxylic acids is 1. The van der Waals surface area contributed by atoms with Crippen molar-refractivity contribution in [3.63, 3.8) is 0 Å². The number of sulfonamides is 1. The number of nitrogens with one attached hydrogen (secondary N) is 1. The van der Waals surface area contributed by atoms with Crippen LogP contribution in [0.5, 0.6) is 0 Å². The highest BCUT2D eigenvalue weighted by atomic mass is 32.2. The first-order valence-electron chi connectivity index (χ1n) is 6.55. The van der Waals surface area contributed by atoms with E-state index in [1.165, 1.54) is 11.2 Å². The summed E-state index contributed by atoms with van der Waals surface area (Å²) in [6.07, 6.45) is 1.41. The standard InChI is InChI=1S/C12H19N3O5S/c1-8-10(9(11(16)17)14-13-8)21(18,19)15-6-4-5-12(2,7-15)20-3/h4-7H2,1-3H3,(H,13,14)(H,16,17). The third kappa shape index (κ3) is 2.81. The predicted octanol–water partition coefficient (Wildman–Crippen LogP) is 0.606. The second-order valence-corrected chi connectivity index (χ2v) is 7.30. The molecular weight excluding hydrogens is 298 g/mol. The van der Waals surface area contributed by atoms with Gasteiger partial charge in [-0.2, -0.15) is 9.40 Å². The molecule has 1 aromatic heterocycles. The largest absolute Gasteiger partial charge is 0.476 e. The second-order valence-electron chi connectivity index (χ2n) is 5.43. The summed E-state index contributed by atoms with van der Waals surface area (Å²) in [5.41, 5.74) is -0.818. The molecule has 21 heavy (non-hydrogen) atoms. The van der Waals surface area contributed by atoms with Gasteiger partial charge in [0.25, 0.3) is 0 Å². The summed E-state index contributed by atoms with van der Waals surface area (Å²) in [7, 11) is -2.38. The van der Waals surface area contributed by atoms with E-state index in [0.29, 0.717) is 13.0 Å². The van der Waals surface area contributed by atoms with Gasteiger partial charge >= 0.3 is 5.97 Å². The molecule has 9 heteroatoms. The molecule has 118 valence electrons. The van der Waals surface area contributed by atoms with Crippen LogP contribution in [0.1, 0.15) is 35.9 Å². The number of nitrogens with zero attached hydrogens (tertiary/aromatic N) is 2. The highest BCUT2D eigenvalue weighted by Gasteiger charge is 2.40. The van der Waals surface area contributed by atoms with E-state index in [1.54, 1.807) is 7.11 Å². The Labute approximate surface area is 123 Å². The molecule has 0 spiro atoms. The molecule has 0 aromatic carbocycles. The van der Waals surface area contributed by atoms with Crippen LogP contribution < -0.4 is 0 Å². The van der Waals surface area contributed by atoms with Crippen LogP contribution in [0.3, 0.4) is 0 Å². The lowest BCUT2D eigenvalue weighted by Crippen LogP contribution is -2.49. The lowest BCUT2D eigenvalue weighted by atomic mass is 9.96. The summed E-state index contributed by atoms with van der Waals surface area (Å²) < 4.78 is 32.1. The number of carbonyl (C=O) groups is 1. The van der Waals surface area contributed by atoms with E-state index in [1.807, 2.05) is 6.92 Å². The Morgan fingerprint density at radius 1 is 1.52 bits per heavy atom. The molecular formula is C12H19N3O5S. The van der Waals surface area contributed by atoms with Crippen molar-refractivity contribution in [2.45, 2.75) is 37.2 Å². The van der Waals surface area contributed by atoms with Gasteiger partial charge in [-0.1, -0.05) is 0 Å². The number of hydrogen-bond donors (Lipinski definition) is 2. The molecule has 0 bridgehead atoms. The number of methoxy groups -OCH3 is 1. The number of aromatic carboxylic acids is 1. The van der Waals surface area contributed by atoms with Crippen LogP contribution >= 0.6 is 0 Å². The number of ether oxygens (including phenoxy) is 1. The van der Waals surface area contributed by atoms with Gasteiger partial charge in [0, 0.05) is 20.2 Å². The maximum atomic E-state index is 12.7. The Hall–Kier alpha value is -1.45. The molecule has 1 atom stereocenters. The van der Waals surface area contributed by atoms with E-state index >= 15 is 0 Å². The fraction of sp³-hybridized carbons (Fsp3) is 0.667. The first-order chi connectivity index (χ1) is 9.71. The molecule has 0 saturated carbocycles. The van der Waals surface area contributed by atoms with E-state index < -0.39 is 27.3 Å². The molecule has 1 aliphatic heterocycles. The summed E-state index contributed by atoms with van der Waals surface area (Å²) in [4.78, 5) is 10.9. The van der Waals surface area contributed by atoms with Gasteiger partial charge in [-0.25, -0.2) is 13.2 Å². The molecule has 0 amide bonds. The lowest BCUT2D eigenvalue weighted by molar-refractivity contribution is -0.0319. The fourth-order valence-corrected chi connectivity index (χ4v) is 4.42. The number of aromatic amines is 1.